The molecule has 0 saturated heterocycles. The van der Waals surface area contributed by atoms with Crippen LogP contribution in [-0.2, 0) is 6.61 Å². The molecule has 3 N–H and O–H groups in total. The molecule has 2 aromatic carbocycles. The maximum absolute atomic E-state index is 7.61. The summed E-state index contributed by atoms with van der Waals surface area (Å²) in [5.41, 5.74) is 8.40. The number of ether oxygens (including phenoxy) is 1. The van der Waals surface area contributed by atoms with Crippen LogP contribution in [-0.4, -0.2) is 5.84 Å². The number of hydrogen-bond donors (Lipinski definition) is 2. The third-order valence-electron chi connectivity index (χ3n) is 3.28. The van der Waals surface area contributed by atoms with E-state index in [0.717, 1.165) is 26.9 Å². The van der Waals surface area contributed by atoms with Gasteiger partial charge in [0.1, 0.15) is 18.2 Å². The van der Waals surface area contributed by atoms with Gasteiger partial charge in [0.25, 0.3) is 0 Å². The summed E-state index contributed by atoms with van der Waals surface area (Å²) in [7, 11) is 0. The summed E-state index contributed by atoms with van der Waals surface area (Å²) in [4.78, 5) is 0. The molecule has 0 radical (unpaired) electrons. The Morgan fingerprint density at radius 3 is 2.62 bits per heavy atom. The molecule has 110 valence electrons. The second-order valence-corrected chi connectivity index (χ2v) is 6.11. The largest absolute Gasteiger partial charge is 0.489 e. The van der Waals surface area contributed by atoms with Crippen LogP contribution >= 0.6 is 15.9 Å². The van der Waals surface area contributed by atoms with Gasteiger partial charge < -0.3 is 10.5 Å². The molecule has 2 rings (SSSR count). The second-order valence-electron chi connectivity index (χ2n) is 5.20. The summed E-state index contributed by atoms with van der Waals surface area (Å²) in [6.07, 6.45) is 0. The first-order valence-corrected chi connectivity index (χ1v) is 7.63. The molecule has 0 fully saturated rings. The van der Waals surface area contributed by atoms with Crippen molar-refractivity contribution in [3.63, 3.8) is 0 Å². The predicted octanol–water partition coefficient (Wildman–Crippen LogP) is 4.44. The second kappa shape index (κ2) is 6.76. The Morgan fingerprint density at radius 2 is 1.95 bits per heavy atom. The van der Waals surface area contributed by atoms with Crippen molar-refractivity contribution < 1.29 is 4.74 Å². The number of hydrogen-bond acceptors (Lipinski definition) is 2. The maximum atomic E-state index is 7.61. The predicted molar refractivity (Wildman–Crippen MR) is 90.0 cm³/mol. The molecule has 0 unspecified atom stereocenters. The van der Waals surface area contributed by atoms with E-state index in [0.29, 0.717) is 12.5 Å². The minimum absolute atomic E-state index is 0.0640. The van der Waals surface area contributed by atoms with Crippen molar-refractivity contribution in [2.24, 2.45) is 5.73 Å². The highest BCUT2D eigenvalue weighted by Gasteiger charge is 2.10. The van der Waals surface area contributed by atoms with Gasteiger partial charge in [0.2, 0.25) is 0 Å². The lowest BCUT2D eigenvalue weighted by Crippen LogP contribution is -2.14. The molecule has 0 saturated carbocycles. The number of benzene rings is 2. The first-order valence-electron chi connectivity index (χ1n) is 6.83. The van der Waals surface area contributed by atoms with E-state index in [9.17, 15) is 0 Å². The molecule has 21 heavy (non-hydrogen) atoms. The lowest BCUT2D eigenvalue weighted by molar-refractivity contribution is 0.301. The first kappa shape index (κ1) is 15.6. The molecule has 0 amide bonds. The Morgan fingerprint density at radius 1 is 1.24 bits per heavy atom. The summed E-state index contributed by atoms with van der Waals surface area (Å²) in [6, 6.07) is 13.6. The maximum Gasteiger partial charge on any atom is 0.123 e. The summed E-state index contributed by atoms with van der Waals surface area (Å²) in [5, 5.41) is 7.61. The van der Waals surface area contributed by atoms with Crippen molar-refractivity contribution in [2.45, 2.75) is 26.4 Å². The van der Waals surface area contributed by atoms with Gasteiger partial charge in [-0.25, -0.2) is 0 Å². The van der Waals surface area contributed by atoms with Gasteiger partial charge in [-0.2, -0.15) is 0 Å². The highest BCUT2D eigenvalue weighted by molar-refractivity contribution is 9.10. The Kier molecular flexibility index (Phi) is 5.02. The topological polar surface area (TPSA) is 59.1 Å². The lowest BCUT2D eigenvalue weighted by atomic mass is 10.0. The third-order valence-corrected chi connectivity index (χ3v) is 3.78. The van der Waals surface area contributed by atoms with E-state index in [4.69, 9.17) is 15.9 Å². The standard InChI is InChI=1S/C17H19BrN2O/c1-11(2)15-9-13(18)7-8-16(15)21-10-12-5-3-4-6-14(12)17(19)20/h3-9,11H,10H2,1-2H3,(H3,19,20). The fourth-order valence-electron chi connectivity index (χ4n) is 2.17. The van der Waals surface area contributed by atoms with Crippen LogP contribution in [0.1, 0.15) is 36.5 Å². The molecule has 0 aliphatic carbocycles. The lowest BCUT2D eigenvalue weighted by Gasteiger charge is -2.15. The summed E-state index contributed by atoms with van der Waals surface area (Å²) < 4.78 is 7.00. The zero-order chi connectivity index (χ0) is 15.4. The Labute approximate surface area is 133 Å². The summed E-state index contributed by atoms with van der Waals surface area (Å²) in [6.45, 7) is 4.67. The summed E-state index contributed by atoms with van der Waals surface area (Å²) in [5.74, 6) is 1.31. The fourth-order valence-corrected chi connectivity index (χ4v) is 2.55. The van der Waals surface area contributed by atoms with E-state index in [1.807, 2.05) is 36.4 Å². The Hall–Kier alpha value is -1.81. The normalized spacial score (nSPS) is 10.7. The van der Waals surface area contributed by atoms with Gasteiger partial charge in [-0.1, -0.05) is 54.0 Å². The molecular weight excluding hydrogens is 328 g/mol. The molecule has 3 nitrogen and oxygen atoms in total. The van der Waals surface area contributed by atoms with Crippen LogP contribution in [0.2, 0.25) is 0 Å². The van der Waals surface area contributed by atoms with E-state index in [2.05, 4.69) is 35.8 Å². The molecule has 0 spiro atoms. The van der Waals surface area contributed by atoms with Crippen LogP contribution in [0, 0.1) is 5.41 Å². The molecule has 0 aliphatic heterocycles. The first-order chi connectivity index (χ1) is 9.99. The average Bonchev–Trinajstić information content (AvgIpc) is 2.46. The van der Waals surface area contributed by atoms with Gasteiger partial charge in [-0.15, -0.1) is 0 Å². The van der Waals surface area contributed by atoms with Crippen LogP contribution in [0.3, 0.4) is 0 Å². The number of nitrogen functional groups attached to an aromatic ring is 1. The van der Waals surface area contributed by atoms with Crippen molar-refractivity contribution >= 4 is 21.8 Å². The van der Waals surface area contributed by atoms with Gasteiger partial charge >= 0.3 is 0 Å². The molecule has 0 atom stereocenters. The van der Waals surface area contributed by atoms with E-state index < -0.39 is 0 Å². The van der Waals surface area contributed by atoms with Crippen molar-refractivity contribution in [3.8, 4) is 5.75 Å². The molecule has 4 heteroatoms. The van der Waals surface area contributed by atoms with E-state index in [1.165, 1.54) is 0 Å². The number of halogens is 1. The number of nitrogens with two attached hydrogens (primary N) is 1. The molecule has 0 heterocycles. The molecule has 0 aliphatic rings. The van der Waals surface area contributed by atoms with E-state index in [1.54, 1.807) is 0 Å². The minimum atomic E-state index is 0.0640. The van der Waals surface area contributed by atoms with Crippen molar-refractivity contribution in [3.05, 3.63) is 63.6 Å². The minimum Gasteiger partial charge on any atom is -0.489 e. The zero-order valence-corrected chi connectivity index (χ0v) is 13.8. The van der Waals surface area contributed by atoms with Crippen molar-refractivity contribution in [1.82, 2.24) is 0 Å². The highest BCUT2D eigenvalue weighted by atomic mass is 79.9. The molecular formula is C17H19BrN2O. The number of rotatable bonds is 5. The van der Waals surface area contributed by atoms with Gasteiger partial charge in [-0.3, -0.25) is 5.41 Å². The van der Waals surface area contributed by atoms with Crippen LogP contribution in [0.5, 0.6) is 5.75 Å². The van der Waals surface area contributed by atoms with Gasteiger partial charge in [0.15, 0.2) is 0 Å². The fraction of sp³-hybridized carbons (Fsp3) is 0.235. The zero-order valence-electron chi connectivity index (χ0n) is 12.2. The molecule has 0 bridgehead atoms. The number of nitrogens with one attached hydrogen (secondary N) is 1. The van der Waals surface area contributed by atoms with E-state index >= 15 is 0 Å². The van der Waals surface area contributed by atoms with Gasteiger partial charge in [0, 0.05) is 15.6 Å². The van der Waals surface area contributed by atoms with E-state index in [-0.39, 0.29) is 5.84 Å². The quantitative estimate of drug-likeness (QED) is 0.621. The monoisotopic (exact) mass is 346 g/mol. The van der Waals surface area contributed by atoms with Gasteiger partial charge in [-0.05, 0) is 29.7 Å². The number of amidine groups is 1. The average molecular weight is 347 g/mol. The van der Waals surface area contributed by atoms with Gasteiger partial charge in [0.05, 0.1) is 0 Å². The third kappa shape index (κ3) is 3.85. The van der Waals surface area contributed by atoms with Crippen molar-refractivity contribution in [2.75, 3.05) is 0 Å². The van der Waals surface area contributed by atoms with Crippen LogP contribution in [0.4, 0.5) is 0 Å². The van der Waals surface area contributed by atoms with Crippen molar-refractivity contribution in [1.29, 1.82) is 5.41 Å². The smallest absolute Gasteiger partial charge is 0.123 e. The highest BCUT2D eigenvalue weighted by Crippen LogP contribution is 2.30. The van der Waals surface area contributed by atoms with Crippen LogP contribution < -0.4 is 10.5 Å². The SMILES string of the molecule is CC(C)c1cc(Br)ccc1OCc1ccccc1C(=N)N. The van der Waals surface area contributed by atoms with Crippen LogP contribution in [0.15, 0.2) is 46.9 Å². The molecule has 2 aromatic rings. The van der Waals surface area contributed by atoms with Crippen LogP contribution in [0.25, 0.3) is 0 Å². The summed E-state index contributed by atoms with van der Waals surface area (Å²) >= 11 is 3.49. The Balaban J connectivity index is 2.23. The molecule has 0 aromatic heterocycles. The Bertz CT molecular complexity index is 653.